The Bertz CT molecular complexity index is 777. The van der Waals surface area contributed by atoms with Crippen LogP contribution in [0.15, 0.2) is 48.5 Å². The van der Waals surface area contributed by atoms with Gasteiger partial charge in [0.05, 0.1) is 6.04 Å². The fourth-order valence-corrected chi connectivity index (χ4v) is 3.18. The van der Waals surface area contributed by atoms with Crippen molar-refractivity contribution in [1.29, 1.82) is 0 Å². The van der Waals surface area contributed by atoms with Crippen molar-refractivity contribution in [3.63, 3.8) is 0 Å². The van der Waals surface area contributed by atoms with Gasteiger partial charge >= 0.3 is 0 Å². The first-order chi connectivity index (χ1) is 12.1. The van der Waals surface area contributed by atoms with Gasteiger partial charge in [-0.15, -0.1) is 0 Å². The fourth-order valence-electron chi connectivity index (χ4n) is 3.18. The summed E-state index contributed by atoms with van der Waals surface area (Å²) in [6.45, 7) is 1.97. The maximum atomic E-state index is 13.9. The van der Waals surface area contributed by atoms with E-state index in [2.05, 4.69) is 5.32 Å². The van der Waals surface area contributed by atoms with Crippen LogP contribution in [-0.2, 0) is 9.59 Å². The zero-order chi connectivity index (χ0) is 17.8. The molecule has 1 aliphatic rings. The number of amides is 2. The number of carbonyl (C=O) groups excluding carboxylic acids is 2. The van der Waals surface area contributed by atoms with Crippen LogP contribution in [0.25, 0.3) is 0 Å². The molecule has 25 heavy (non-hydrogen) atoms. The molecule has 4 nitrogen and oxygen atoms in total. The first-order valence-electron chi connectivity index (χ1n) is 8.54. The van der Waals surface area contributed by atoms with E-state index in [0.717, 1.165) is 18.4 Å². The first kappa shape index (κ1) is 17.1. The number of rotatable bonds is 4. The van der Waals surface area contributed by atoms with Gasteiger partial charge in [0.1, 0.15) is 12.4 Å². The normalized spacial score (nSPS) is 16.8. The van der Waals surface area contributed by atoms with Gasteiger partial charge in [0.2, 0.25) is 11.8 Å². The van der Waals surface area contributed by atoms with Crippen LogP contribution in [0.3, 0.4) is 0 Å². The van der Waals surface area contributed by atoms with Gasteiger partial charge in [0.25, 0.3) is 0 Å². The summed E-state index contributed by atoms with van der Waals surface area (Å²) in [5.74, 6) is -0.754. The largest absolute Gasteiger partial charge is 0.324 e. The molecule has 5 heteroatoms. The number of fused-ring (bicyclic) bond motifs is 1. The van der Waals surface area contributed by atoms with Crippen molar-refractivity contribution >= 4 is 17.5 Å². The van der Waals surface area contributed by atoms with E-state index in [-0.39, 0.29) is 18.4 Å². The van der Waals surface area contributed by atoms with Crippen LogP contribution >= 0.6 is 0 Å². The molecule has 1 heterocycles. The highest BCUT2D eigenvalue weighted by Gasteiger charge is 2.33. The molecule has 0 saturated heterocycles. The Kier molecular flexibility index (Phi) is 5.12. The molecule has 0 aromatic heterocycles. The van der Waals surface area contributed by atoms with E-state index in [1.54, 1.807) is 11.0 Å². The lowest BCUT2D eigenvalue weighted by Crippen LogP contribution is -2.38. The quantitative estimate of drug-likeness (QED) is 0.918. The predicted molar refractivity (Wildman–Crippen MR) is 94.6 cm³/mol. The second kappa shape index (κ2) is 7.47. The second-order valence-electron chi connectivity index (χ2n) is 6.22. The molecule has 1 aliphatic heterocycles. The molecule has 3 rings (SSSR count). The van der Waals surface area contributed by atoms with Gasteiger partial charge in [0.15, 0.2) is 0 Å². The monoisotopic (exact) mass is 340 g/mol. The SMILES string of the molecule is CCCCC(=O)N1CC(=O)Nc2ccc(F)cc2C1c1ccccc1. The van der Waals surface area contributed by atoms with Crippen LogP contribution in [-0.4, -0.2) is 23.3 Å². The number of hydrogen-bond acceptors (Lipinski definition) is 2. The number of halogens is 1. The summed E-state index contributed by atoms with van der Waals surface area (Å²) in [6, 6.07) is 13.2. The van der Waals surface area contributed by atoms with E-state index in [4.69, 9.17) is 0 Å². The molecule has 2 aromatic carbocycles. The minimum atomic E-state index is -0.491. The van der Waals surface area contributed by atoms with Crippen molar-refractivity contribution < 1.29 is 14.0 Å². The number of benzene rings is 2. The molecule has 0 fully saturated rings. The van der Waals surface area contributed by atoms with E-state index in [9.17, 15) is 14.0 Å². The summed E-state index contributed by atoms with van der Waals surface area (Å²) in [5.41, 5.74) is 2.00. The fraction of sp³-hybridized carbons (Fsp3) is 0.300. The van der Waals surface area contributed by atoms with Crippen LogP contribution in [0.2, 0.25) is 0 Å². The van der Waals surface area contributed by atoms with Crippen molar-refractivity contribution in [3.8, 4) is 0 Å². The summed E-state index contributed by atoms with van der Waals surface area (Å²) in [5, 5.41) is 2.79. The highest BCUT2D eigenvalue weighted by molar-refractivity contribution is 5.97. The van der Waals surface area contributed by atoms with Gasteiger partial charge in [-0.05, 0) is 30.2 Å². The number of carbonyl (C=O) groups is 2. The van der Waals surface area contributed by atoms with Crippen LogP contribution in [0.4, 0.5) is 10.1 Å². The Morgan fingerprint density at radius 1 is 1.24 bits per heavy atom. The zero-order valence-electron chi connectivity index (χ0n) is 14.2. The highest BCUT2D eigenvalue weighted by Crippen LogP contribution is 2.36. The van der Waals surface area contributed by atoms with E-state index in [1.807, 2.05) is 37.3 Å². The lowest BCUT2D eigenvalue weighted by molar-refractivity contribution is -0.136. The van der Waals surface area contributed by atoms with E-state index in [1.165, 1.54) is 12.1 Å². The third-order valence-electron chi connectivity index (χ3n) is 4.39. The minimum absolute atomic E-state index is 0.0432. The summed E-state index contributed by atoms with van der Waals surface area (Å²) >= 11 is 0. The topological polar surface area (TPSA) is 49.4 Å². The van der Waals surface area contributed by atoms with Crippen LogP contribution < -0.4 is 5.32 Å². The van der Waals surface area contributed by atoms with E-state index in [0.29, 0.717) is 17.7 Å². The second-order valence-corrected chi connectivity index (χ2v) is 6.22. The number of nitrogens with zero attached hydrogens (tertiary/aromatic N) is 1. The lowest BCUT2D eigenvalue weighted by atomic mass is 9.95. The molecule has 0 radical (unpaired) electrons. The van der Waals surface area contributed by atoms with E-state index < -0.39 is 11.9 Å². The van der Waals surface area contributed by atoms with Gasteiger partial charge in [-0.2, -0.15) is 0 Å². The Hall–Kier alpha value is -2.69. The molecule has 0 saturated carbocycles. The average molecular weight is 340 g/mol. The summed E-state index contributed by atoms with van der Waals surface area (Å²) < 4.78 is 13.9. The predicted octanol–water partition coefficient (Wildman–Crippen LogP) is 3.89. The Balaban J connectivity index is 2.12. The maximum Gasteiger partial charge on any atom is 0.244 e. The van der Waals surface area contributed by atoms with Gasteiger partial charge in [-0.1, -0.05) is 43.7 Å². The van der Waals surface area contributed by atoms with Crippen LogP contribution in [0.1, 0.15) is 43.4 Å². The number of nitrogens with one attached hydrogen (secondary N) is 1. The molecular formula is C20H21FN2O2. The highest BCUT2D eigenvalue weighted by atomic mass is 19.1. The summed E-state index contributed by atoms with van der Waals surface area (Å²) in [7, 11) is 0. The molecular weight excluding hydrogens is 319 g/mol. The number of anilines is 1. The lowest BCUT2D eigenvalue weighted by Gasteiger charge is -2.30. The van der Waals surface area contributed by atoms with Crippen LogP contribution in [0.5, 0.6) is 0 Å². The van der Waals surface area contributed by atoms with Crippen molar-refractivity contribution in [1.82, 2.24) is 4.90 Å². The Labute approximate surface area is 146 Å². The first-order valence-corrected chi connectivity index (χ1v) is 8.54. The molecule has 2 aromatic rings. The zero-order valence-corrected chi connectivity index (χ0v) is 14.2. The molecule has 1 atom stereocenters. The Morgan fingerprint density at radius 2 is 2.00 bits per heavy atom. The molecule has 0 aliphatic carbocycles. The van der Waals surface area contributed by atoms with Gasteiger partial charge in [0, 0.05) is 17.7 Å². The molecule has 1 N–H and O–H groups in total. The third-order valence-corrected chi connectivity index (χ3v) is 4.39. The van der Waals surface area contributed by atoms with E-state index >= 15 is 0 Å². The number of unbranched alkanes of at least 4 members (excludes halogenated alkanes) is 1. The molecule has 1 unspecified atom stereocenters. The van der Waals surface area contributed by atoms with Crippen molar-refractivity contribution in [3.05, 3.63) is 65.5 Å². The average Bonchev–Trinajstić information content (AvgIpc) is 2.76. The molecule has 0 spiro atoms. The maximum absolute atomic E-state index is 13.9. The molecule has 0 bridgehead atoms. The van der Waals surface area contributed by atoms with Crippen molar-refractivity contribution in [2.45, 2.75) is 32.2 Å². The minimum Gasteiger partial charge on any atom is -0.324 e. The van der Waals surface area contributed by atoms with Crippen LogP contribution in [0, 0.1) is 5.82 Å². The molecule has 2 amide bonds. The van der Waals surface area contributed by atoms with Crippen molar-refractivity contribution in [2.75, 3.05) is 11.9 Å². The smallest absolute Gasteiger partial charge is 0.244 e. The summed E-state index contributed by atoms with van der Waals surface area (Å²) in [6.07, 6.45) is 2.03. The Morgan fingerprint density at radius 3 is 2.72 bits per heavy atom. The molecule has 130 valence electrons. The van der Waals surface area contributed by atoms with Gasteiger partial charge in [-0.25, -0.2) is 4.39 Å². The van der Waals surface area contributed by atoms with Gasteiger partial charge < -0.3 is 10.2 Å². The van der Waals surface area contributed by atoms with Crippen molar-refractivity contribution in [2.24, 2.45) is 0 Å². The third kappa shape index (κ3) is 3.71. The standard InChI is InChI=1S/C20H21FN2O2/c1-2-3-9-19(25)23-13-18(24)22-17-11-10-15(21)12-16(17)20(23)14-7-5-4-6-8-14/h4-8,10-12,20H,2-3,9,13H2,1H3,(H,22,24). The summed E-state index contributed by atoms with van der Waals surface area (Å²) in [4.78, 5) is 26.6. The van der Waals surface area contributed by atoms with Gasteiger partial charge in [-0.3, -0.25) is 9.59 Å². The number of hydrogen-bond donors (Lipinski definition) is 1.